The summed E-state index contributed by atoms with van der Waals surface area (Å²) in [6.07, 6.45) is -2.68. The van der Waals surface area contributed by atoms with E-state index in [1.165, 1.54) is 0 Å². The molecule has 0 amide bonds. The number of aliphatic hydroxyl groups excluding tert-OH is 1. The smallest absolute Gasteiger partial charge is 0.387 e. The summed E-state index contributed by atoms with van der Waals surface area (Å²) < 4.78 is 34.4. The van der Waals surface area contributed by atoms with Crippen LogP contribution < -0.4 is 11.2 Å². The molecular formula is C11H16FN2O9P. The fraction of sp³-hybridized carbons (Fsp3) is 0.636. The molecule has 0 aromatic carbocycles. The van der Waals surface area contributed by atoms with E-state index in [2.05, 4.69) is 4.52 Å². The molecule has 1 aliphatic heterocycles. The number of ether oxygens (including phenoxy) is 1. The van der Waals surface area contributed by atoms with Crippen LogP contribution in [-0.4, -0.2) is 60.1 Å². The van der Waals surface area contributed by atoms with E-state index >= 15 is 0 Å². The van der Waals surface area contributed by atoms with Crippen molar-refractivity contribution in [2.24, 2.45) is 0 Å². The van der Waals surface area contributed by atoms with Gasteiger partial charge in [0, 0.05) is 12.3 Å². The number of aromatic nitrogens is 2. The number of aromatic amines is 1. The molecule has 13 heteroatoms. The number of alkyl halides is 1. The minimum absolute atomic E-state index is 0.708. The van der Waals surface area contributed by atoms with Crippen LogP contribution in [0.25, 0.3) is 0 Å². The summed E-state index contributed by atoms with van der Waals surface area (Å²) in [5.74, 6) is 0. The van der Waals surface area contributed by atoms with Crippen LogP contribution in [0.2, 0.25) is 0 Å². The number of phosphoric ester groups is 1. The minimum atomic E-state index is -5.01. The predicted molar refractivity (Wildman–Crippen MR) is 74.8 cm³/mol. The third-order valence-corrected chi connectivity index (χ3v) is 4.17. The quantitative estimate of drug-likeness (QED) is 0.367. The lowest BCUT2D eigenvalue weighted by molar-refractivity contribution is -0.138. The van der Waals surface area contributed by atoms with Crippen LogP contribution in [0.4, 0.5) is 4.39 Å². The first kappa shape index (κ1) is 18.9. The fourth-order valence-electron chi connectivity index (χ4n) is 2.47. The number of hydrogen-bond acceptors (Lipinski definition) is 7. The summed E-state index contributed by atoms with van der Waals surface area (Å²) in [7, 11) is -5.01. The van der Waals surface area contributed by atoms with E-state index in [1.54, 1.807) is 0 Å². The van der Waals surface area contributed by atoms with E-state index in [9.17, 15) is 28.8 Å². The third-order valence-electron chi connectivity index (χ3n) is 3.71. The number of halogens is 1. The lowest BCUT2D eigenvalue weighted by Gasteiger charge is -2.30. The molecule has 1 fully saturated rings. The van der Waals surface area contributed by atoms with E-state index < -0.39 is 55.9 Å². The highest BCUT2D eigenvalue weighted by Crippen LogP contribution is 2.46. The molecule has 1 aliphatic rings. The highest BCUT2D eigenvalue weighted by molar-refractivity contribution is 7.46. The Balaban J connectivity index is 2.43. The zero-order valence-electron chi connectivity index (χ0n) is 12.3. The maximum absolute atomic E-state index is 13.5. The van der Waals surface area contributed by atoms with Crippen molar-refractivity contribution in [3.05, 3.63) is 33.1 Å². The average molecular weight is 370 g/mol. The molecular weight excluding hydrogens is 354 g/mol. The van der Waals surface area contributed by atoms with Gasteiger partial charge in [0.2, 0.25) is 0 Å². The van der Waals surface area contributed by atoms with Crippen LogP contribution in [0.1, 0.15) is 13.2 Å². The maximum atomic E-state index is 13.5. The zero-order valence-corrected chi connectivity index (χ0v) is 13.2. The van der Waals surface area contributed by atoms with E-state index in [0.717, 1.165) is 19.2 Å². The largest absolute Gasteiger partial charge is 0.469 e. The zero-order chi connectivity index (χ0) is 18.3. The second-order valence-corrected chi connectivity index (χ2v) is 6.82. The van der Waals surface area contributed by atoms with Crippen molar-refractivity contribution in [2.75, 3.05) is 13.3 Å². The molecule has 1 saturated heterocycles. The Hall–Kier alpha value is -1.40. The van der Waals surface area contributed by atoms with Crippen molar-refractivity contribution in [2.45, 2.75) is 30.5 Å². The number of nitrogens with zero attached hydrogens (tertiary/aromatic N) is 1. The summed E-state index contributed by atoms with van der Waals surface area (Å²) in [5.41, 5.74) is -6.28. The third kappa shape index (κ3) is 3.35. The van der Waals surface area contributed by atoms with Crippen LogP contribution in [0, 0.1) is 0 Å². The normalized spacial score (nSPS) is 33.8. The topological polar surface area (TPSA) is 171 Å². The summed E-state index contributed by atoms with van der Waals surface area (Å²) in [6.45, 7) is -1.52. The Labute approximate surface area is 133 Å². The Morgan fingerprint density at radius 2 is 2.12 bits per heavy atom. The molecule has 0 bridgehead atoms. The standard InChI is InChI=1S/C11H16FN2O9P/c1-10(18)7(16)11(4-12,5-22-24(19,20)21)23-8(10)14-3-2-6(15)13-9(14)17/h2-3,7-8,16,18H,4-5H2,1H3,(H,13,15,17)(H2,19,20,21). The van der Waals surface area contributed by atoms with E-state index in [0.29, 0.717) is 4.57 Å². The number of aliphatic hydroxyl groups is 2. The molecule has 24 heavy (non-hydrogen) atoms. The average Bonchev–Trinajstić information content (AvgIpc) is 2.66. The summed E-state index contributed by atoms with van der Waals surface area (Å²) in [6, 6.07) is 0.939. The molecule has 0 saturated carbocycles. The first-order valence-corrected chi connectivity index (χ1v) is 8.12. The number of hydrogen-bond donors (Lipinski definition) is 5. The van der Waals surface area contributed by atoms with Gasteiger partial charge in [-0.1, -0.05) is 0 Å². The minimum Gasteiger partial charge on any atom is -0.387 e. The van der Waals surface area contributed by atoms with Crippen LogP contribution in [-0.2, 0) is 13.8 Å². The second-order valence-electron chi connectivity index (χ2n) is 5.58. The van der Waals surface area contributed by atoms with Gasteiger partial charge in [0.1, 0.15) is 18.4 Å². The van der Waals surface area contributed by atoms with Crippen molar-refractivity contribution in [1.82, 2.24) is 9.55 Å². The molecule has 4 atom stereocenters. The molecule has 1 aromatic rings. The number of nitrogens with one attached hydrogen (secondary N) is 1. The molecule has 0 aliphatic carbocycles. The predicted octanol–water partition coefficient (Wildman–Crippen LogP) is -2.01. The van der Waals surface area contributed by atoms with Gasteiger partial charge in [-0.15, -0.1) is 0 Å². The van der Waals surface area contributed by atoms with Gasteiger partial charge < -0.3 is 24.7 Å². The molecule has 11 nitrogen and oxygen atoms in total. The SMILES string of the molecule is CC1(O)C(n2ccc(=O)[nH]c2=O)OC(CF)(COP(=O)(O)O)C1O. The van der Waals surface area contributed by atoms with E-state index in [4.69, 9.17) is 14.5 Å². The Morgan fingerprint density at radius 3 is 2.62 bits per heavy atom. The van der Waals surface area contributed by atoms with Crippen LogP contribution in [0.15, 0.2) is 21.9 Å². The highest BCUT2D eigenvalue weighted by Gasteiger charge is 2.62. The van der Waals surface area contributed by atoms with Gasteiger partial charge in [0.25, 0.3) is 5.56 Å². The van der Waals surface area contributed by atoms with Crippen LogP contribution in [0.5, 0.6) is 0 Å². The fourth-order valence-corrected chi connectivity index (χ4v) is 2.86. The molecule has 136 valence electrons. The number of rotatable bonds is 5. The lowest BCUT2D eigenvalue weighted by atomic mass is 9.88. The molecule has 2 heterocycles. The van der Waals surface area contributed by atoms with Gasteiger partial charge in [-0.05, 0) is 6.92 Å². The summed E-state index contributed by atoms with van der Waals surface area (Å²) in [4.78, 5) is 42.3. The van der Waals surface area contributed by atoms with E-state index in [1.807, 2.05) is 4.98 Å². The first-order chi connectivity index (χ1) is 10.9. The number of H-pyrrole nitrogens is 1. The van der Waals surface area contributed by atoms with Crippen molar-refractivity contribution >= 4 is 7.82 Å². The molecule has 1 aromatic heterocycles. The second kappa shape index (κ2) is 6.15. The molecule has 0 radical (unpaired) electrons. The van der Waals surface area contributed by atoms with Crippen LogP contribution >= 0.6 is 7.82 Å². The Kier molecular flexibility index (Phi) is 4.85. The van der Waals surface area contributed by atoms with Crippen LogP contribution in [0.3, 0.4) is 0 Å². The molecule has 2 rings (SSSR count). The highest BCUT2D eigenvalue weighted by atomic mass is 31.2. The van der Waals surface area contributed by atoms with Gasteiger partial charge in [0.15, 0.2) is 11.8 Å². The molecule has 0 spiro atoms. The van der Waals surface area contributed by atoms with Crippen molar-refractivity contribution < 1.29 is 38.2 Å². The Morgan fingerprint density at radius 1 is 1.50 bits per heavy atom. The van der Waals surface area contributed by atoms with E-state index in [-0.39, 0.29) is 0 Å². The van der Waals surface area contributed by atoms with Gasteiger partial charge in [-0.25, -0.2) is 13.8 Å². The monoisotopic (exact) mass is 370 g/mol. The van der Waals surface area contributed by atoms with Gasteiger partial charge >= 0.3 is 13.5 Å². The van der Waals surface area contributed by atoms with Gasteiger partial charge in [-0.2, -0.15) is 0 Å². The van der Waals surface area contributed by atoms with Gasteiger partial charge in [0.05, 0.1) is 6.61 Å². The van der Waals surface area contributed by atoms with Crippen molar-refractivity contribution in [3.8, 4) is 0 Å². The van der Waals surface area contributed by atoms with Crippen molar-refractivity contribution in [3.63, 3.8) is 0 Å². The number of phosphoric acid groups is 1. The summed E-state index contributed by atoms with van der Waals surface area (Å²) in [5, 5.41) is 20.6. The first-order valence-electron chi connectivity index (χ1n) is 6.59. The van der Waals surface area contributed by atoms with Crippen molar-refractivity contribution in [1.29, 1.82) is 0 Å². The maximum Gasteiger partial charge on any atom is 0.469 e. The summed E-state index contributed by atoms with van der Waals surface area (Å²) >= 11 is 0. The van der Waals surface area contributed by atoms with Gasteiger partial charge in [-0.3, -0.25) is 18.9 Å². The molecule has 4 unspecified atom stereocenters. The lowest BCUT2D eigenvalue weighted by Crippen LogP contribution is -2.53. The Bertz CT molecular complexity index is 771. The molecule has 5 N–H and O–H groups in total.